The first-order valence-corrected chi connectivity index (χ1v) is 8.58. The predicted octanol–water partition coefficient (Wildman–Crippen LogP) is 5.85. The third-order valence-electron chi connectivity index (χ3n) is 3.62. The molecule has 1 unspecified atom stereocenters. The van der Waals surface area contributed by atoms with Crippen LogP contribution in [0.4, 0.5) is 0 Å². The van der Waals surface area contributed by atoms with Gasteiger partial charge in [0.2, 0.25) is 0 Å². The first-order chi connectivity index (χ1) is 10.1. The molecule has 2 aromatic rings. The second-order valence-electron chi connectivity index (χ2n) is 5.19. The zero-order chi connectivity index (χ0) is 15.2. The minimum atomic E-state index is 0.0336. The second-order valence-corrected chi connectivity index (χ2v) is 6.42. The van der Waals surface area contributed by atoms with Crippen molar-refractivity contribution in [2.24, 2.45) is 0 Å². The van der Waals surface area contributed by atoms with E-state index in [1.807, 2.05) is 12.1 Å². The number of alkyl halides is 1. The van der Waals surface area contributed by atoms with Crippen LogP contribution in [0.3, 0.4) is 0 Å². The van der Waals surface area contributed by atoms with E-state index in [4.69, 9.17) is 11.6 Å². The molecule has 0 saturated carbocycles. The molecule has 0 aliphatic rings. The maximum absolute atomic E-state index is 12.4. The average molecular weight is 366 g/mol. The van der Waals surface area contributed by atoms with Crippen LogP contribution in [0.15, 0.2) is 48.5 Å². The normalized spacial score (nSPS) is 12.1. The quantitative estimate of drug-likeness (QED) is 0.463. The molecule has 0 heterocycles. The molecule has 110 valence electrons. The van der Waals surface area contributed by atoms with Crippen molar-refractivity contribution in [3.05, 3.63) is 70.2 Å². The largest absolute Gasteiger partial charge is 0.289 e. The molecule has 21 heavy (non-hydrogen) atoms. The van der Waals surface area contributed by atoms with Gasteiger partial charge in [-0.15, -0.1) is 0 Å². The molecule has 3 heteroatoms. The smallest absolute Gasteiger partial charge is 0.193 e. The van der Waals surface area contributed by atoms with Crippen molar-refractivity contribution in [3.8, 4) is 0 Å². The van der Waals surface area contributed by atoms with Gasteiger partial charge in [0, 0.05) is 21.5 Å². The highest BCUT2D eigenvalue weighted by Crippen LogP contribution is 2.22. The van der Waals surface area contributed by atoms with Gasteiger partial charge in [-0.05, 0) is 48.6 Å². The molecule has 0 N–H and O–H groups in total. The summed E-state index contributed by atoms with van der Waals surface area (Å²) in [5.41, 5.74) is 2.66. The van der Waals surface area contributed by atoms with E-state index in [2.05, 4.69) is 35.0 Å². The lowest BCUT2D eigenvalue weighted by Crippen LogP contribution is -2.02. The Morgan fingerprint density at radius 2 is 1.57 bits per heavy atom. The molecule has 0 aromatic heterocycles. The number of hydrogen-bond acceptors (Lipinski definition) is 1. The molecule has 0 spiro atoms. The van der Waals surface area contributed by atoms with Gasteiger partial charge in [0.15, 0.2) is 5.78 Å². The van der Waals surface area contributed by atoms with Crippen LogP contribution in [-0.4, -0.2) is 11.1 Å². The first kappa shape index (κ1) is 16.3. The van der Waals surface area contributed by atoms with Crippen LogP contribution in [0.25, 0.3) is 0 Å². The zero-order valence-corrected chi connectivity index (χ0v) is 14.3. The zero-order valence-electron chi connectivity index (χ0n) is 12.0. The summed E-state index contributed by atoms with van der Waals surface area (Å²) in [4.78, 5) is 12.4. The van der Waals surface area contributed by atoms with Crippen LogP contribution in [0.5, 0.6) is 0 Å². The Bertz CT molecular complexity index is 590. The molecule has 0 saturated heterocycles. The Kier molecular flexibility index (Phi) is 6.01. The van der Waals surface area contributed by atoms with Crippen molar-refractivity contribution in [3.63, 3.8) is 0 Å². The summed E-state index contributed by atoms with van der Waals surface area (Å²) in [5.74, 6) is 0.550. The standard InChI is InChI=1S/C18H18BrClO/c1-13(3-2-12-19)14-4-6-15(7-5-14)18(21)16-8-10-17(20)11-9-16/h4-11,13H,2-3,12H2,1H3. The number of hydrogen-bond donors (Lipinski definition) is 0. The second kappa shape index (κ2) is 7.77. The Hall–Kier alpha value is -1.12. The molecule has 0 fully saturated rings. The van der Waals surface area contributed by atoms with Crippen LogP contribution >= 0.6 is 27.5 Å². The van der Waals surface area contributed by atoms with Crippen molar-refractivity contribution in [1.29, 1.82) is 0 Å². The molecule has 2 aromatic carbocycles. The predicted molar refractivity (Wildman–Crippen MR) is 92.8 cm³/mol. The summed E-state index contributed by atoms with van der Waals surface area (Å²) in [7, 11) is 0. The number of carbonyl (C=O) groups is 1. The van der Waals surface area contributed by atoms with Crippen LogP contribution < -0.4 is 0 Å². The summed E-state index contributed by atoms with van der Waals surface area (Å²) in [5, 5.41) is 1.67. The number of halogens is 2. The van der Waals surface area contributed by atoms with Gasteiger partial charge in [-0.2, -0.15) is 0 Å². The van der Waals surface area contributed by atoms with Gasteiger partial charge in [-0.3, -0.25) is 4.79 Å². The van der Waals surface area contributed by atoms with Gasteiger partial charge in [-0.1, -0.05) is 58.7 Å². The molecule has 0 amide bonds. The van der Waals surface area contributed by atoms with E-state index in [0.29, 0.717) is 22.1 Å². The van der Waals surface area contributed by atoms with Crippen LogP contribution in [0.1, 0.15) is 47.2 Å². The molecular formula is C18H18BrClO. The SMILES string of the molecule is CC(CCCBr)c1ccc(C(=O)c2ccc(Cl)cc2)cc1. The molecule has 2 rings (SSSR count). The van der Waals surface area contributed by atoms with Gasteiger partial charge < -0.3 is 0 Å². The molecule has 0 radical (unpaired) electrons. The lowest BCUT2D eigenvalue weighted by molar-refractivity contribution is 0.103. The van der Waals surface area contributed by atoms with Crippen molar-refractivity contribution >= 4 is 33.3 Å². The summed E-state index contributed by atoms with van der Waals surface area (Å²) >= 11 is 9.30. The lowest BCUT2D eigenvalue weighted by atomic mass is 9.94. The minimum Gasteiger partial charge on any atom is -0.289 e. The molecular weight excluding hydrogens is 348 g/mol. The maximum Gasteiger partial charge on any atom is 0.193 e. The molecule has 1 atom stereocenters. The van der Waals surface area contributed by atoms with E-state index in [-0.39, 0.29) is 5.78 Å². The van der Waals surface area contributed by atoms with E-state index >= 15 is 0 Å². The molecule has 0 bridgehead atoms. The fourth-order valence-electron chi connectivity index (χ4n) is 2.28. The van der Waals surface area contributed by atoms with Crippen molar-refractivity contribution < 1.29 is 4.79 Å². The van der Waals surface area contributed by atoms with Crippen LogP contribution in [0, 0.1) is 0 Å². The van der Waals surface area contributed by atoms with Gasteiger partial charge in [0.1, 0.15) is 0 Å². The highest BCUT2D eigenvalue weighted by atomic mass is 79.9. The van der Waals surface area contributed by atoms with Crippen LogP contribution in [0.2, 0.25) is 5.02 Å². The van der Waals surface area contributed by atoms with E-state index in [1.54, 1.807) is 24.3 Å². The van der Waals surface area contributed by atoms with E-state index in [1.165, 1.54) is 5.56 Å². The van der Waals surface area contributed by atoms with Crippen molar-refractivity contribution in [2.75, 3.05) is 5.33 Å². The third kappa shape index (κ3) is 4.42. The topological polar surface area (TPSA) is 17.1 Å². The minimum absolute atomic E-state index is 0.0336. The third-order valence-corrected chi connectivity index (χ3v) is 4.43. The summed E-state index contributed by atoms with van der Waals surface area (Å²) in [6, 6.07) is 14.9. The van der Waals surface area contributed by atoms with Gasteiger partial charge in [0.05, 0.1) is 0 Å². The van der Waals surface area contributed by atoms with Gasteiger partial charge >= 0.3 is 0 Å². The number of ketones is 1. The van der Waals surface area contributed by atoms with Crippen molar-refractivity contribution in [1.82, 2.24) is 0 Å². The molecule has 1 nitrogen and oxygen atoms in total. The summed E-state index contributed by atoms with van der Waals surface area (Å²) in [6.07, 6.45) is 2.31. The summed E-state index contributed by atoms with van der Waals surface area (Å²) < 4.78 is 0. The van der Waals surface area contributed by atoms with Crippen molar-refractivity contribution in [2.45, 2.75) is 25.7 Å². The Morgan fingerprint density at radius 3 is 2.10 bits per heavy atom. The first-order valence-electron chi connectivity index (χ1n) is 7.08. The highest BCUT2D eigenvalue weighted by Gasteiger charge is 2.10. The van der Waals surface area contributed by atoms with E-state index < -0.39 is 0 Å². The number of rotatable bonds is 6. The fourth-order valence-corrected chi connectivity index (χ4v) is 2.73. The summed E-state index contributed by atoms with van der Waals surface area (Å²) in [6.45, 7) is 2.22. The molecule has 0 aliphatic heterocycles. The maximum atomic E-state index is 12.4. The number of benzene rings is 2. The van der Waals surface area contributed by atoms with Gasteiger partial charge in [-0.25, -0.2) is 0 Å². The Balaban J connectivity index is 2.11. The number of carbonyl (C=O) groups excluding carboxylic acids is 1. The monoisotopic (exact) mass is 364 g/mol. The van der Waals surface area contributed by atoms with Gasteiger partial charge in [0.25, 0.3) is 0 Å². The Labute approximate surface area is 139 Å². The Morgan fingerprint density at radius 1 is 1.05 bits per heavy atom. The van der Waals surface area contributed by atoms with Crippen LogP contribution in [-0.2, 0) is 0 Å². The fraction of sp³-hybridized carbons (Fsp3) is 0.278. The van der Waals surface area contributed by atoms with E-state index in [9.17, 15) is 4.79 Å². The van der Waals surface area contributed by atoms with E-state index in [0.717, 1.165) is 18.2 Å². The lowest BCUT2D eigenvalue weighted by Gasteiger charge is -2.11. The highest BCUT2D eigenvalue weighted by molar-refractivity contribution is 9.09. The molecule has 0 aliphatic carbocycles. The average Bonchev–Trinajstić information content (AvgIpc) is 2.53.